The maximum atomic E-state index is 11.9. The van der Waals surface area contributed by atoms with Gasteiger partial charge in [-0.25, -0.2) is 9.59 Å². The van der Waals surface area contributed by atoms with E-state index < -0.39 is 17.5 Å². The zero-order valence-corrected chi connectivity index (χ0v) is 12.7. The lowest BCUT2D eigenvalue weighted by atomic mass is 10.0. The Morgan fingerprint density at radius 3 is 2.32 bits per heavy atom. The maximum Gasteiger partial charge on any atom is 0.336 e. The topological polar surface area (TPSA) is 101 Å². The van der Waals surface area contributed by atoms with Gasteiger partial charge in [-0.15, -0.1) is 0 Å². The predicted octanol–water partition coefficient (Wildman–Crippen LogP) is 2.72. The molecule has 0 amide bonds. The Morgan fingerprint density at radius 2 is 1.77 bits per heavy atom. The molecule has 2 N–H and O–H groups in total. The third-order valence-electron chi connectivity index (χ3n) is 3.49. The molecule has 1 unspecified atom stereocenters. The second-order valence-corrected chi connectivity index (χ2v) is 5.15. The smallest absolute Gasteiger partial charge is 0.336 e. The van der Waals surface area contributed by atoms with Crippen molar-refractivity contribution in [3.8, 4) is 0 Å². The molecular formula is C16H20O6. The molecule has 0 saturated carbocycles. The van der Waals surface area contributed by atoms with Crippen LogP contribution in [-0.4, -0.2) is 41.1 Å². The van der Waals surface area contributed by atoms with Crippen molar-refractivity contribution in [2.75, 3.05) is 13.2 Å². The molecule has 0 spiro atoms. The van der Waals surface area contributed by atoms with E-state index in [2.05, 4.69) is 13.8 Å². The van der Waals surface area contributed by atoms with Gasteiger partial charge >= 0.3 is 11.9 Å². The number of carboxylic acids is 2. The summed E-state index contributed by atoms with van der Waals surface area (Å²) in [7, 11) is 0. The van der Waals surface area contributed by atoms with Crippen LogP contribution < -0.4 is 0 Å². The van der Waals surface area contributed by atoms with Crippen molar-refractivity contribution in [3.05, 3.63) is 34.9 Å². The molecule has 0 bridgehead atoms. The fraction of sp³-hybridized carbons (Fsp3) is 0.438. The van der Waals surface area contributed by atoms with Crippen LogP contribution in [-0.2, 0) is 4.74 Å². The molecule has 1 rings (SSSR count). The second kappa shape index (κ2) is 8.29. The molecule has 1 atom stereocenters. The molecular weight excluding hydrogens is 288 g/mol. The van der Waals surface area contributed by atoms with E-state index in [0.29, 0.717) is 12.5 Å². The summed E-state index contributed by atoms with van der Waals surface area (Å²) >= 11 is 0. The molecule has 0 aliphatic rings. The van der Waals surface area contributed by atoms with Gasteiger partial charge in [0.25, 0.3) is 0 Å². The van der Waals surface area contributed by atoms with Gasteiger partial charge in [-0.3, -0.25) is 4.79 Å². The minimum absolute atomic E-state index is 0.130. The summed E-state index contributed by atoms with van der Waals surface area (Å²) in [6, 6.07) is 3.50. The molecule has 0 radical (unpaired) electrons. The number of rotatable bonds is 9. The molecule has 0 aromatic heterocycles. The lowest BCUT2D eigenvalue weighted by Gasteiger charge is -2.09. The summed E-state index contributed by atoms with van der Waals surface area (Å²) in [6.45, 7) is 4.48. The maximum absolute atomic E-state index is 11.9. The Hall–Kier alpha value is -2.21. The van der Waals surface area contributed by atoms with E-state index in [1.807, 2.05) is 0 Å². The number of Topliss-reactive ketones (excluding diaryl/α,β-unsaturated/α-hetero) is 1. The number of carbonyl (C=O) groups excluding carboxylic acids is 1. The molecule has 6 heteroatoms. The lowest BCUT2D eigenvalue weighted by molar-refractivity contribution is 0.0650. The van der Waals surface area contributed by atoms with Crippen molar-refractivity contribution in [1.82, 2.24) is 0 Å². The number of hydrogen-bond donors (Lipinski definition) is 2. The van der Waals surface area contributed by atoms with Crippen molar-refractivity contribution in [3.63, 3.8) is 0 Å². The van der Waals surface area contributed by atoms with Crippen molar-refractivity contribution >= 4 is 17.7 Å². The van der Waals surface area contributed by atoms with Gasteiger partial charge in [-0.1, -0.05) is 26.3 Å². The van der Waals surface area contributed by atoms with Gasteiger partial charge in [0.1, 0.15) is 6.61 Å². The van der Waals surface area contributed by atoms with E-state index in [1.54, 1.807) is 0 Å². The number of hydrogen-bond acceptors (Lipinski definition) is 4. The number of ketones is 1. The first-order valence-corrected chi connectivity index (χ1v) is 7.08. The average Bonchev–Trinajstić information content (AvgIpc) is 2.50. The summed E-state index contributed by atoms with van der Waals surface area (Å²) in [5.41, 5.74) is -0.620. The van der Waals surface area contributed by atoms with Gasteiger partial charge < -0.3 is 14.9 Å². The van der Waals surface area contributed by atoms with Gasteiger partial charge in [-0.05, 0) is 24.5 Å². The van der Waals surface area contributed by atoms with Crippen molar-refractivity contribution in [1.29, 1.82) is 0 Å². The second-order valence-electron chi connectivity index (χ2n) is 5.15. The molecule has 0 saturated heterocycles. The van der Waals surface area contributed by atoms with Crippen LogP contribution in [0.3, 0.4) is 0 Å². The normalized spacial score (nSPS) is 11.9. The lowest BCUT2D eigenvalue weighted by Crippen LogP contribution is -2.14. The zero-order chi connectivity index (χ0) is 16.7. The molecule has 1 aromatic carbocycles. The Balaban J connectivity index is 2.72. The molecule has 6 nitrogen and oxygen atoms in total. The fourth-order valence-corrected chi connectivity index (χ4v) is 1.82. The van der Waals surface area contributed by atoms with Crippen LogP contribution in [0, 0.1) is 5.92 Å². The van der Waals surface area contributed by atoms with Crippen LogP contribution in [0.1, 0.15) is 57.8 Å². The summed E-state index contributed by atoms with van der Waals surface area (Å²) < 4.78 is 5.29. The van der Waals surface area contributed by atoms with Crippen LogP contribution >= 0.6 is 0 Å². The van der Waals surface area contributed by atoms with Crippen molar-refractivity contribution < 1.29 is 29.3 Å². The highest BCUT2D eigenvalue weighted by Crippen LogP contribution is 2.14. The predicted molar refractivity (Wildman–Crippen MR) is 79.6 cm³/mol. The quantitative estimate of drug-likeness (QED) is 0.537. The Labute approximate surface area is 128 Å². The summed E-state index contributed by atoms with van der Waals surface area (Å²) in [4.78, 5) is 34.0. The minimum atomic E-state index is -1.38. The Kier molecular flexibility index (Phi) is 6.72. The van der Waals surface area contributed by atoms with Crippen molar-refractivity contribution in [2.24, 2.45) is 5.92 Å². The van der Waals surface area contributed by atoms with E-state index in [-0.39, 0.29) is 23.5 Å². The summed E-state index contributed by atoms with van der Waals surface area (Å²) in [6.07, 6.45) is 1.89. The SMILES string of the molecule is CCC(C)CCOCC(=O)c1ccc(C(=O)O)c(C(=O)O)c1. The number of carboxylic acid groups (broad SMARTS) is 2. The number of benzene rings is 1. The third-order valence-corrected chi connectivity index (χ3v) is 3.49. The number of ether oxygens (including phenoxy) is 1. The van der Waals surface area contributed by atoms with Crippen LogP contribution in [0.2, 0.25) is 0 Å². The molecule has 0 heterocycles. The fourth-order valence-electron chi connectivity index (χ4n) is 1.82. The van der Waals surface area contributed by atoms with E-state index >= 15 is 0 Å². The highest BCUT2D eigenvalue weighted by Gasteiger charge is 2.18. The summed E-state index contributed by atoms with van der Waals surface area (Å²) in [5.74, 6) is -2.59. The van der Waals surface area contributed by atoms with Gasteiger partial charge in [0.2, 0.25) is 0 Å². The monoisotopic (exact) mass is 308 g/mol. The zero-order valence-electron chi connectivity index (χ0n) is 12.7. The van der Waals surface area contributed by atoms with Crippen LogP contribution in [0.15, 0.2) is 18.2 Å². The highest BCUT2D eigenvalue weighted by molar-refractivity contribution is 6.05. The highest BCUT2D eigenvalue weighted by atomic mass is 16.5. The molecule has 1 aromatic rings. The van der Waals surface area contributed by atoms with E-state index in [4.69, 9.17) is 14.9 Å². The number of carbonyl (C=O) groups is 3. The van der Waals surface area contributed by atoms with Crippen LogP contribution in [0.4, 0.5) is 0 Å². The molecule has 22 heavy (non-hydrogen) atoms. The first-order chi connectivity index (χ1) is 10.4. The van der Waals surface area contributed by atoms with Gasteiger partial charge in [0, 0.05) is 12.2 Å². The number of aromatic carboxylic acids is 2. The van der Waals surface area contributed by atoms with Crippen molar-refractivity contribution in [2.45, 2.75) is 26.7 Å². The van der Waals surface area contributed by atoms with E-state index in [0.717, 1.165) is 25.0 Å². The van der Waals surface area contributed by atoms with E-state index in [1.165, 1.54) is 6.07 Å². The van der Waals surface area contributed by atoms with Gasteiger partial charge in [0.15, 0.2) is 5.78 Å². The van der Waals surface area contributed by atoms with Crippen LogP contribution in [0.25, 0.3) is 0 Å². The van der Waals surface area contributed by atoms with Gasteiger partial charge in [-0.2, -0.15) is 0 Å². The minimum Gasteiger partial charge on any atom is -0.478 e. The average molecular weight is 308 g/mol. The first kappa shape index (κ1) is 17.8. The summed E-state index contributed by atoms with van der Waals surface area (Å²) in [5, 5.41) is 17.9. The molecule has 0 fully saturated rings. The molecule has 0 aliphatic carbocycles. The Morgan fingerprint density at radius 1 is 1.14 bits per heavy atom. The van der Waals surface area contributed by atoms with E-state index in [9.17, 15) is 14.4 Å². The molecule has 120 valence electrons. The molecule has 0 aliphatic heterocycles. The first-order valence-electron chi connectivity index (χ1n) is 7.08. The standard InChI is InChI=1S/C16H20O6/c1-3-10(2)6-7-22-9-14(17)11-4-5-12(15(18)19)13(8-11)16(20)21/h4-5,8,10H,3,6-7,9H2,1-2H3,(H,18,19)(H,20,21). The third kappa shape index (κ3) is 4.96. The van der Waals surface area contributed by atoms with Crippen LogP contribution in [0.5, 0.6) is 0 Å². The van der Waals surface area contributed by atoms with Gasteiger partial charge in [0.05, 0.1) is 11.1 Å². The Bertz CT molecular complexity index is 564. The largest absolute Gasteiger partial charge is 0.478 e.